The maximum absolute atomic E-state index is 9.22. The van der Waals surface area contributed by atoms with Gasteiger partial charge in [-0.3, -0.25) is 0 Å². The molecule has 0 amide bonds. The van der Waals surface area contributed by atoms with Gasteiger partial charge in [0.1, 0.15) is 5.75 Å². The molecule has 90 valence electrons. The molecule has 0 radical (unpaired) electrons. The van der Waals surface area contributed by atoms with Gasteiger partial charge in [-0.15, -0.1) is 0 Å². The summed E-state index contributed by atoms with van der Waals surface area (Å²) in [7, 11) is 0. The summed E-state index contributed by atoms with van der Waals surface area (Å²) in [5.41, 5.74) is 1.78. The van der Waals surface area contributed by atoms with Crippen molar-refractivity contribution in [2.75, 3.05) is 0 Å². The largest absolute Gasteiger partial charge is 0.508 e. The van der Waals surface area contributed by atoms with Crippen LogP contribution in [0.4, 0.5) is 0 Å². The smallest absolute Gasteiger partial charge is 0.157 e. The summed E-state index contributed by atoms with van der Waals surface area (Å²) in [6.07, 6.45) is 2.41. The molecule has 2 heterocycles. The number of halogens is 1. The van der Waals surface area contributed by atoms with Crippen molar-refractivity contribution in [2.24, 2.45) is 0 Å². The Bertz CT molecular complexity index is 691. The Hall–Kier alpha value is -2.07. The number of aromatic nitrogens is 3. The second-order valence-electron chi connectivity index (χ2n) is 4.02. The van der Waals surface area contributed by atoms with Crippen LogP contribution in [-0.2, 0) is 6.42 Å². The van der Waals surface area contributed by atoms with Gasteiger partial charge < -0.3 is 5.11 Å². The van der Waals surface area contributed by atoms with Crippen LogP contribution in [0.5, 0.6) is 5.75 Å². The molecule has 0 unspecified atom stereocenters. The minimum absolute atomic E-state index is 0.258. The van der Waals surface area contributed by atoms with E-state index in [2.05, 4.69) is 10.1 Å². The van der Waals surface area contributed by atoms with E-state index in [1.807, 2.05) is 12.1 Å². The van der Waals surface area contributed by atoms with Crippen molar-refractivity contribution in [3.63, 3.8) is 0 Å². The molecular formula is C13H10ClN3O. The van der Waals surface area contributed by atoms with E-state index in [0.717, 1.165) is 17.0 Å². The van der Waals surface area contributed by atoms with Crippen LogP contribution in [0.15, 0.2) is 42.6 Å². The fraction of sp³-hybridized carbons (Fsp3) is 0.0769. The number of hydrogen-bond acceptors (Lipinski definition) is 3. The fourth-order valence-corrected chi connectivity index (χ4v) is 1.93. The summed E-state index contributed by atoms with van der Waals surface area (Å²) in [6, 6.07) is 10.6. The zero-order valence-corrected chi connectivity index (χ0v) is 10.2. The van der Waals surface area contributed by atoms with Gasteiger partial charge in [-0.1, -0.05) is 23.7 Å². The lowest BCUT2D eigenvalue weighted by molar-refractivity contribution is 0.475. The third-order valence-electron chi connectivity index (χ3n) is 2.64. The van der Waals surface area contributed by atoms with E-state index in [1.54, 1.807) is 35.0 Å². The molecule has 4 nitrogen and oxygen atoms in total. The molecule has 0 bridgehead atoms. The maximum Gasteiger partial charge on any atom is 0.157 e. The van der Waals surface area contributed by atoms with Crippen LogP contribution in [0.2, 0.25) is 5.02 Å². The SMILES string of the molecule is Oc1ccc(Cc2nc3cc(Cl)ccn3n2)cc1. The molecule has 0 aliphatic carbocycles. The van der Waals surface area contributed by atoms with Crippen molar-refractivity contribution < 1.29 is 5.11 Å². The molecule has 0 aliphatic rings. The molecule has 5 heteroatoms. The number of nitrogens with zero attached hydrogens (tertiary/aromatic N) is 3. The molecule has 2 aromatic heterocycles. The lowest BCUT2D eigenvalue weighted by atomic mass is 10.1. The molecule has 3 rings (SSSR count). The van der Waals surface area contributed by atoms with Crippen molar-refractivity contribution in [3.8, 4) is 5.75 Å². The number of hydrogen-bond donors (Lipinski definition) is 1. The number of benzene rings is 1. The molecule has 0 spiro atoms. The average molecular weight is 260 g/mol. The van der Waals surface area contributed by atoms with E-state index in [-0.39, 0.29) is 5.75 Å². The third-order valence-corrected chi connectivity index (χ3v) is 2.88. The highest BCUT2D eigenvalue weighted by molar-refractivity contribution is 6.30. The predicted molar refractivity (Wildman–Crippen MR) is 68.9 cm³/mol. The van der Waals surface area contributed by atoms with Gasteiger partial charge in [0.05, 0.1) is 0 Å². The Kier molecular flexibility index (Phi) is 2.64. The van der Waals surface area contributed by atoms with Crippen LogP contribution in [0.25, 0.3) is 5.65 Å². The molecule has 3 aromatic rings. The highest BCUT2D eigenvalue weighted by Crippen LogP contribution is 2.14. The van der Waals surface area contributed by atoms with Gasteiger partial charge in [0.15, 0.2) is 11.5 Å². The second kappa shape index (κ2) is 4.31. The number of phenols is 1. The van der Waals surface area contributed by atoms with E-state index in [0.29, 0.717) is 11.4 Å². The van der Waals surface area contributed by atoms with Crippen molar-refractivity contribution in [1.29, 1.82) is 0 Å². The van der Waals surface area contributed by atoms with Gasteiger partial charge in [0.25, 0.3) is 0 Å². The molecule has 18 heavy (non-hydrogen) atoms. The standard InChI is InChI=1S/C13H10ClN3O/c14-10-5-6-17-13(8-10)15-12(16-17)7-9-1-3-11(18)4-2-9/h1-6,8,18H,7H2. The second-order valence-corrected chi connectivity index (χ2v) is 4.46. The Morgan fingerprint density at radius 1 is 1.17 bits per heavy atom. The van der Waals surface area contributed by atoms with Crippen LogP contribution in [0, 0.1) is 0 Å². The Balaban J connectivity index is 1.92. The fourth-order valence-electron chi connectivity index (χ4n) is 1.77. The van der Waals surface area contributed by atoms with Crippen molar-refractivity contribution >= 4 is 17.2 Å². The average Bonchev–Trinajstić information content (AvgIpc) is 2.73. The summed E-state index contributed by atoms with van der Waals surface area (Å²) in [6.45, 7) is 0. The molecule has 0 saturated carbocycles. The molecule has 0 fully saturated rings. The first kappa shape index (κ1) is 11.0. The molecule has 0 aliphatic heterocycles. The first-order valence-electron chi connectivity index (χ1n) is 5.49. The van der Waals surface area contributed by atoms with Gasteiger partial charge >= 0.3 is 0 Å². The topological polar surface area (TPSA) is 50.4 Å². The number of phenolic OH excluding ortho intramolecular Hbond substituents is 1. The van der Waals surface area contributed by atoms with E-state index in [9.17, 15) is 5.11 Å². The van der Waals surface area contributed by atoms with Gasteiger partial charge in [-0.2, -0.15) is 5.10 Å². The molecule has 0 atom stereocenters. The summed E-state index contributed by atoms with van der Waals surface area (Å²) in [5.74, 6) is 0.983. The van der Waals surface area contributed by atoms with Crippen LogP contribution < -0.4 is 0 Å². The lowest BCUT2D eigenvalue weighted by Gasteiger charge is -1.96. The predicted octanol–water partition coefficient (Wildman–Crippen LogP) is 2.68. The van der Waals surface area contributed by atoms with Gasteiger partial charge in [0.2, 0.25) is 0 Å². The van der Waals surface area contributed by atoms with Gasteiger partial charge in [-0.05, 0) is 23.8 Å². The van der Waals surface area contributed by atoms with E-state index in [4.69, 9.17) is 11.6 Å². The monoisotopic (exact) mass is 259 g/mol. The Morgan fingerprint density at radius 3 is 2.72 bits per heavy atom. The first-order chi connectivity index (χ1) is 8.70. The van der Waals surface area contributed by atoms with Crippen LogP contribution in [0.1, 0.15) is 11.4 Å². The summed E-state index contributed by atoms with van der Waals surface area (Å²) < 4.78 is 1.70. The number of pyridine rings is 1. The number of aromatic hydroxyl groups is 1. The highest BCUT2D eigenvalue weighted by Gasteiger charge is 2.05. The van der Waals surface area contributed by atoms with Crippen LogP contribution >= 0.6 is 11.6 Å². The quantitative estimate of drug-likeness (QED) is 0.770. The first-order valence-corrected chi connectivity index (χ1v) is 5.87. The highest BCUT2D eigenvalue weighted by atomic mass is 35.5. The summed E-state index contributed by atoms with van der Waals surface area (Å²) in [5, 5.41) is 14.2. The zero-order valence-electron chi connectivity index (χ0n) is 9.42. The lowest BCUT2D eigenvalue weighted by Crippen LogP contribution is -1.91. The van der Waals surface area contributed by atoms with Crippen LogP contribution in [-0.4, -0.2) is 19.7 Å². The third kappa shape index (κ3) is 2.15. The van der Waals surface area contributed by atoms with Gasteiger partial charge in [-0.25, -0.2) is 9.50 Å². The summed E-state index contributed by atoms with van der Waals surface area (Å²) in [4.78, 5) is 4.40. The minimum Gasteiger partial charge on any atom is -0.508 e. The molecule has 1 N–H and O–H groups in total. The normalized spacial score (nSPS) is 10.9. The molecular weight excluding hydrogens is 250 g/mol. The zero-order chi connectivity index (χ0) is 12.5. The number of rotatable bonds is 2. The number of fused-ring (bicyclic) bond motifs is 1. The van der Waals surface area contributed by atoms with Crippen LogP contribution in [0.3, 0.4) is 0 Å². The Labute approximate surface area is 108 Å². The minimum atomic E-state index is 0.258. The molecule has 1 aromatic carbocycles. The van der Waals surface area contributed by atoms with E-state index >= 15 is 0 Å². The van der Waals surface area contributed by atoms with Crippen molar-refractivity contribution in [3.05, 3.63) is 59.0 Å². The van der Waals surface area contributed by atoms with Crippen molar-refractivity contribution in [1.82, 2.24) is 14.6 Å². The van der Waals surface area contributed by atoms with E-state index in [1.165, 1.54) is 0 Å². The summed E-state index contributed by atoms with van der Waals surface area (Å²) >= 11 is 5.90. The maximum atomic E-state index is 9.22. The molecule has 0 saturated heterocycles. The van der Waals surface area contributed by atoms with Gasteiger partial charge in [0, 0.05) is 23.7 Å². The van der Waals surface area contributed by atoms with E-state index < -0.39 is 0 Å². The Morgan fingerprint density at radius 2 is 1.94 bits per heavy atom. The van der Waals surface area contributed by atoms with Crippen molar-refractivity contribution in [2.45, 2.75) is 6.42 Å².